The van der Waals surface area contributed by atoms with Crippen LogP contribution >= 0.6 is 0 Å². The second kappa shape index (κ2) is 5.84. The van der Waals surface area contributed by atoms with E-state index in [2.05, 4.69) is 23.2 Å². The maximum atomic E-state index is 9.46. The van der Waals surface area contributed by atoms with E-state index in [4.69, 9.17) is 0 Å². The topological polar surface area (TPSA) is 39.1 Å². The Kier molecular flexibility index (Phi) is 4.42. The quantitative estimate of drug-likeness (QED) is 0.815. The number of piperidine rings is 1. The first-order valence-corrected chi connectivity index (χ1v) is 7.20. The van der Waals surface area contributed by atoms with Gasteiger partial charge in [-0.15, -0.1) is 0 Å². The van der Waals surface area contributed by atoms with Crippen LogP contribution in [0.2, 0.25) is 0 Å². The molecule has 0 aromatic heterocycles. The summed E-state index contributed by atoms with van der Waals surface area (Å²) in [6, 6.07) is 3.19. The molecule has 0 aromatic rings. The standard InChI is InChI=1S/C14H25N3/c1-2-16-14(12-15)8-6-7-13(11-14)17-9-4-3-5-10-17/h13,16H,2-11H2,1H3. The minimum Gasteiger partial charge on any atom is -0.300 e. The normalized spacial score (nSPS) is 35.4. The number of nitriles is 1. The molecule has 96 valence electrons. The van der Waals surface area contributed by atoms with Gasteiger partial charge in [0.15, 0.2) is 0 Å². The highest BCUT2D eigenvalue weighted by atomic mass is 15.2. The van der Waals surface area contributed by atoms with Crippen LogP contribution in [0.4, 0.5) is 0 Å². The van der Waals surface area contributed by atoms with Gasteiger partial charge >= 0.3 is 0 Å². The molecule has 0 aromatic carbocycles. The third-order valence-electron chi connectivity index (χ3n) is 4.36. The van der Waals surface area contributed by atoms with Gasteiger partial charge in [-0.2, -0.15) is 5.26 Å². The van der Waals surface area contributed by atoms with Gasteiger partial charge in [0.2, 0.25) is 0 Å². The van der Waals surface area contributed by atoms with Crippen molar-refractivity contribution < 1.29 is 0 Å². The van der Waals surface area contributed by atoms with Gasteiger partial charge in [0.05, 0.1) is 6.07 Å². The summed E-state index contributed by atoms with van der Waals surface area (Å²) in [6.07, 6.45) is 8.61. The van der Waals surface area contributed by atoms with Crippen molar-refractivity contribution in [2.75, 3.05) is 19.6 Å². The highest BCUT2D eigenvalue weighted by Crippen LogP contribution is 2.32. The fourth-order valence-corrected chi connectivity index (χ4v) is 3.48. The van der Waals surface area contributed by atoms with Crippen molar-refractivity contribution in [1.29, 1.82) is 5.26 Å². The smallest absolute Gasteiger partial charge is 0.108 e. The summed E-state index contributed by atoms with van der Waals surface area (Å²) >= 11 is 0. The molecule has 0 spiro atoms. The monoisotopic (exact) mass is 235 g/mol. The van der Waals surface area contributed by atoms with Crippen LogP contribution in [0.1, 0.15) is 51.9 Å². The van der Waals surface area contributed by atoms with Crippen LogP contribution in [0.5, 0.6) is 0 Å². The molecular weight excluding hydrogens is 210 g/mol. The van der Waals surface area contributed by atoms with Crippen LogP contribution in [0, 0.1) is 11.3 Å². The van der Waals surface area contributed by atoms with Crippen molar-refractivity contribution in [2.45, 2.75) is 63.5 Å². The molecule has 2 aliphatic rings. The number of nitrogens with one attached hydrogen (secondary N) is 1. The highest BCUT2D eigenvalue weighted by Gasteiger charge is 2.38. The molecule has 1 saturated heterocycles. The lowest BCUT2D eigenvalue weighted by Crippen LogP contribution is -2.53. The van der Waals surface area contributed by atoms with Gasteiger partial charge in [-0.25, -0.2) is 0 Å². The van der Waals surface area contributed by atoms with Crippen molar-refractivity contribution >= 4 is 0 Å². The maximum Gasteiger partial charge on any atom is 0.108 e. The van der Waals surface area contributed by atoms with Gasteiger partial charge in [-0.1, -0.05) is 13.3 Å². The van der Waals surface area contributed by atoms with Crippen LogP contribution in [0.25, 0.3) is 0 Å². The predicted octanol–water partition coefficient (Wildman–Crippen LogP) is 2.29. The van der Waals surface area contributed by atoms with Gasteiger partial charge in [-0.3, -0.25) is 5.32 Å². The lowest BCUT2D eigenvalue weighted by Gasteiger charge is -2.43. The van der Waals surface area contributed by atoms with E-state index in [9.17, 15) is 5.26 Å². The van der Waals surface area contributed by atoms with E-state index in [1.807, 2.05) is 0 Å². The summed E-state index contributed by atoms with van der Waals surface area (Å²) in [5.74, 6) is 0. The second-order valence-corrected chi connectivity index (χ2v) is 5.57. The van der Waals surface area contributed by atoms with Gasteiger partial charge in [0.1, 0.15) is 5.54 Å². The number of hydrogen-bond acceptors (Lipinski definition) is 3. The molecule has 2 unspecified atom stereocenters. The average molecular weight is 235 g/mol. The Balaban J connectivity index is 1.97. The first-order valence-electron chi connectivity index (χ1n) is 7.20. The fourth-order valence-electron chi connectivity index (χ4n) is 3.48. The molecule has 1 N–H and O–H groups in total. The Bertz CT molecular complexity index is 274. The Labute approximate surface area is 105 Å². The van der Waals surface area contributed by atoms with Crippen molar-refractivity contribution in [3.05, 3.63) is 0 Å². The molecule has 0 amide bonds. The summed E-state index contributed by atoms with van der Waals surface area (Å²) in [6.45, 7) is 5.50. The van der Waals surface area contributed by atoms with E-state index >= 15 is 0 Å². The van der Waals surface area contributed by atoms with Gasteiger partial charge in [0.25, 0.3) is 0 Å². The lowest BCUT2D eigenvalue weighted by molar-refractivity contribution is 0.102. The highest BCUT2D eigenvalue weighted by molar-refractivity contribution is 5.11. The molecule has 1 aliphatic carbocycles. The van der Waals surface area contributed by atoms with Crippen LogP contribution in [-0.4, -0.2) is 36.1 Å². The third-order valence-corrected chi connectivity index (χ3v) is 4.36. The molecule has 0 bridgehead atoms. The Hall–Kier alpha value is -0.590. The SMILES string of the molecule is CCNC1(C#N)CCCC(N2CCCCC2)C1. The predicted molar refractivity (Wildman–Crippen MR) is 69.7 cm³/mol. The van der Waals surface area contributed by atoms with E-state index in [-0.39, 0.29) is 5.54 Å². The van der Waals surface area contributed by atoms with Crippen molar-refractivity contribution in [3.8, 4) is 6.07 Å². The largest absolute Gasteiger partial charge is 0.300 e. The Morgan fingerprint density at radius 1 is 1.29 bits per heavy atom. The van der Waals surface area contributed by atoms with Crippen LogP contribution in [0.15, 0.2) is 0 Å². The average Bonchev–Trinajstić information content (AvgIpc) is 2.40. The van der Waals surface area contributed by atoms with Crippen molar-refractivity contribution in [1.82, 2.24) is 10.2 Å². The van der Waals surface area contributed by atoms with E-state index in [1.54, 1.807) is 0 Å². The van der Waals surface area contributed by atoms with Crippen LogP contribution in [-0.2, 0) is 0 Å². The molecular formula is C14H25N3. The molecule has 3 nitrogen and oxygen atoms in total. The van der Waals surface area contributed by atoms with Crippen LogP contribution < -0.4 is 5.32 Å². The number of nitrogens with zero attached hydrogens (tertiary/aromatic N) is 2. The molecule has 1 saturated carbocycles. The summed E-state index contributed by atoms with van der Waals surface area (Å²) in [4.78, 5) is 2.63. The summed E-state index contributed by atoms with van der Waals surface area (Å²) in [7, 11) is 0. The third kappa shape index (κ3) is 3.00. The zero-order valence-electron chi connectivity index (χ0n) is 11.0. The van der Waals surface area contributed by atoms with Gasteiger partial charge in [-0.05, 0) is 58.2 Å². The molecule has 1 heterocycles. The van der Waals surface area contributed by atoms with Gasteiger partial charge in [0, 0.05) is 6.04 Å². The molecule has 17 heavy (non-hydrogen) atoms. The van der Waals surface area contributed by atoms with Crippen LogP contribution in [0.3, 0.4) is 0 Å². The zero-order valence-corrected chi connectivity index (χ0v) is 11.0. The minimum absolute atomic E-state index is 0.241. The fraction of sp³-hybridized carbons (Fsp3) is 0.929. The van der Waals surface area contributed by atoms with E-state index < -0.39 is 0 Å². The summed E-state index contributed by atoms with van der Waals surface area (Å²) in [5, 5.41) is 12.9. The molecule has 3 heteroatoms. The van der Waals surface area contributed by atoms with E-state index in [1.165, 1.54) is 45.2 Å². The van der Waals surface area contributed by atoms with Crippen molar-refractivity contribution in [2.24, 2.45) is 0 Å². The zero-order chi connectivity index (χ0) is 12.1. The van der Waals surface area contributed by atoms with Crippen molar-refractivity contribution in [3.63, 3.8) is 0 Å². The maximum absolute atomic E-state index is 9.46. The first-order chi connectivity index (χ1) is 8.29. The summed E-state index contributed by atoms with van der Waals surface area (Å²) < 4.78 is 0. The van der Waals surface area contributed by atoms with E-state index in [0.29, 0.717) is 6.04 Å². The minimum atomic E-state index is -0.241. The summed E-state index contributed by atoms with van der Waals surface area (Å²) in [5.41, 5.74) is -0.241. The molecule has 2 rings (SSSR count). The van der Waals surface area contributed by atoms with E-state index in [0.717, 1.165) is 19.4 Å². The molecule has 1 aliphatic heterocycles. The first kappa shape index (κ1) is 12.9. The van der Waals surface area contributed by atoms with Gasteiger partial charge < -0.3 is 4.90 Å². The molecule has 2 fully saturated rings. The lowest BCUT2D eigenvalue weighted by atomic mass is 9.79. The number of hydrogen-bond donors (Lipinski definition) is 1. The molecule has 0 radical (unpaired) electrons. The Morgan fingerprint density at radius 3 is 2.71 bits per heavy atom. The number of rotatable bonds is 3. The molecule has 2 atom stereocenters. The Morgan fingerprint density at radius 2 is 2.06 bits per heavy atom. The second-order valence-electron chi connectivity index (χ2n) is 5.57. The number of likely N-dealkylation sites (tertiary alicyclic amines) is 1.